The first-order valence-electron chi connectivity index (χ1n) is 11.0. The maximum Gasteiger partial charge on any atom is 0.412 e. The molecule has 0 aromatic heterocycles. The van der Waals surface area contributed by atoms with Crippen molar-refractivity contribution in [2.75, 3.05) is 25.1 Å². The predicted molar refractivity (Wildman–Crippen MR) is 127 cm³/mol. The average Bonchev–Trinajstić information content (AvgIpc) is 2.88. The summed E-state index contributed by atoms with van der Waals surface area (Å²) in [5.41, 5.74) is 2.97. The summed E-state index contributed by atoms with van der Waals surface area (Å²) in [7, 11) is 0. The smallest absolute Gasteiger partial charge is 0.412 e. The van der Waals surface area contributed by atoms with Gasteiger partial charge in [-0.15, -0.1) is 0 Å². The van der Waals surface area contributed by atoms with Crippen LogP contribution in [0.4, 0.5) is 10.5 Å². The van der Waals surface area contributed by atoms with Gasteiger partial charge in [0, 0.05) is 23.9 Å². The number of nitrogens with one attached hydrogen (secondary N) is 2. The Morgan fingerprint density at radius 1 is 1.17 bits per heavy atom. The number of carbonyl (C=O) groups excluding carboxylic acids is 2. The van der Waals surface area contributed by atoms with Crippen molar-refractivity contribution in [1.82, 2.24) is 5.48 Å². The van der Waals surface area contributed by atoms with Crippen molar-refractivity contribution in [1.29, 1.82) is 5.26 Å². The minimum absolute atomic E-state index is 0.0550. The highest BCUT2D eigenvalue weighted by atomic mass is 16.6. The normalized spacial score (nSPS) is 12.4. The summed E-state index contributed by atoms with van der Waals surface area (Å²) in [6.45, 7) is 2.01. The summed E-state index contributed by atoms with van der Waals surface area (Å²) < 4.78 is 17.4. The van der Waals surface area contributed by atoms with E-state index < -0.39 is 24.2 Å². The van der Waals surface area contributed by atoms with Crippen LogP contribution < -0.4 is 15.5 Å². The number of aliphatic hydroxyl groups excluding tert-OH is 1. The molecule has 0 aliphatic carbocycles. The van der Waals surface area contributed by atoms with Gasteiger partial charge in [0.05, 0.1) is 24.3 Å². The van der Waals surface area contributed by atoms with Crippen molar-refractivity contribution >= 4 is 17.7 Å². The Morgan fingerprint density at radius 3 is 2.57 bits per heavy atom. The lowest BCUT2D eigenvalue weighted by atomic mass is 9.99. The van der Waals surface area contributed by atoms with E-state index in [9.17, 15) is 14.7 Å². The average molecular weight is 484 g/mol. The van der Waals surface area contributed by atoms with Gasteiger partial charge in [0.1, 0.15) is 12.4 Å². The van der Waals surface area contributed by atoms with Gasteiger partial charge in [0.25, 0.3) is 5.91 Å². The fourth-order valence-electron chi connectivity index (χ4n) is 3.26. The summed E-state index contributed by atoms with van der Waals surface area (Å²) in [6, 6.07) is 15.3. The Morgan fingerprint density at radius 2 is 1.91 bits per heavy atom. The van der Waals surface area contributed by atoms with Crippen molar-refractivity contribution < 1.29 is 34.1 Å². The number of anilines is 1. The third-order valence-electron chi connectivity index (χ3n) is 4.78. The molecule has 0 aliphatic heterocycles. The largest absolute Gasteiger partial charge is 0.491 e. The van der Waals surface area contributed by atoms with Crippen LogP contribution in [0.15, 0.2) is 60.7 Å². The van der Waals surface area contributed by atoms with Crippen molar-refractivity contribution in [3.8, 4) is 11.8 Å². The second-order valence-corrected chi connectivity index (χ2v) is 7.20. The number of hydrogen-bond acceptors (Lipinski definition) is 8. The van der Waals surface area contributed by atoms with Gasteiger partial charge in [0.15, 0.2) is 6.10 Å². The minimum Gasteiger partial charge on any atom is -0.491 e. The van der Waals surface area contributed by atoms with Crippen LogP contribution in [0.1, 0.15) is 37.0 Å². The van der Waals surface area contributed by atoms with Gasteiger partial charge < -0.3 is 19.3 Å². The molecule has 4 N–H and O–H groups in total. The van der Waals surface area contributed by atoms with Gasteiger partial charge in [0.2, 0.25) is 0 Å². The van der Waals surface area contributed by atoms with E-state index in [0.717, 1.165) is 0 Å². The quantitative estimate of drug-likeness (QED) is 0.192. The Kier molecular flexibility index (Phi) is 11.8. The second kappa shape index (κ2) is 15.1. The lowest BCUT2D eigenvalue weighted by molar-refractivity contribution is -0.124. The summed E-state index contributed by atoms with van der Waals surface area (Å²) in [4.78, 5) is 24.0. The van der Waals surface area contributed by atoms with Crippen LogP contribution in [0, 0.1) is 11.3 Å². The summed E-state index contributed by atoms with van der Waals surface area (Å²) >= 11 is 0. The monoisotopic (exact) mass is 483 g/mol. The Labute approximate surface area is 203 Å². The highest BCUT2D eigenvalue weighted by molar-refractivity contribution is 5.86. The second-order valence-electron chi connectivity index (χ2n) is 7.20. The van der Waals surface area contributed by atoms with Crippen molar-refractivity contribution in [3.05, 3.63) is 71.8 Å². The number of para-hydroxylation sites is 1. The molecule has 0 saturated heterocycles. The van der Waals surface area contributed by atoms with E-state index in [-0.39, 0.29) is 13.2 Å². The molecule has 10 heteroatoms. The molecule has 0 fully saturated rings. The third kappa shape index (κ3) is 9.10. The number of aliphatic hydroxyl groups is 1. The molecule has 2 aromatic rings. The fraction of sp³-hybridized carbons (Fsp3) is 0.320. The fourth-order valence-corrected chi connectivity index (χ4v) is 3.26. The molecule has 0 radical (unpaired) electrons. The van der Waals surface area contributed by atoms with Crippen molar-refractivity contribution in [2.24, 2.45) is 0 Å². The highest BCUT2D eigenvalue weighted by Crippen LogP contribution is 2.34. The van der Waals surface area contributed by atoms with Crippen LogP contribution in [0.5, 0.6) is 5.75 Å². The highest BCUT2D eigenvalue weighted by Gasteiger charge is 2.30. The van der Waals surface area contributed by atoms with Gasteiger partial charge in [-0.2, -0.15) is 5.26 Å². The lowest BCUT2D eigenvalue weighted by Gasteiger charge is -2.28. The molecule has 0 heterocycles. The van der Waals surface area contributed by atoms with Gasteiger partial charge in [-0.3, -0.25) is 15.3 Å². The molecule has 10 nitrogen and oxygen atoms in total. The van der Waals surface area contributed by atoms with Gasteiger partial charge in [-0.25, -0.2) is 10.3 Å². The molecule has 0 spiro atoms. The predicted octanol–water partition coefficient (Wildman–Crippen LogP) is 3.47. The van der Waals surface area contributed by atoms with Crippen molar-refractivity contribution in [3.63, 3.8) is 0 Å². The maximum absolute atomic E-state index is 12.8. The Bertz CT molecular complexity index is 1020. The third-order valence-corrected chi connectivity index (χ3v) is 4.78. The standard InChI is InChI=1S/C25H29N3O7/c1-2-33-22(9-5-6-10-23(30)28-32)24(20-7-3-4-8-21(20)34-16-15-29)35-25(31)27-19-13-11-18(17-26)12-14-19/h3-4,6-8,10-14,22,24,29,32H,2,5,9,15-16H2,1H3,(H,27,31)(H,28,30)/b10-6+/t22-,24-/m1/s1. The molecule has 2 amide bonds. The van der Waals surface area contributed by atoms with E-state index in [0.29, 0.717) is 42.0 Å². The molecule has 0 bridgehead atoms. The minimum atomic E-state index is -0.886. The molecule has 0 unspecified atom stereocenters. The number of hydrogen-bond donors (Lipinski definition) is 4. The number of ether oxygens (including phenoxy) is 3. The molecule has 186 valence electrons. The van der Waals surface area contributed by atoms with Gasteiger partial charge >= 0.3 is 6.09 Å². The number of nitrogens with zero attached hydrogens (tertiary/aromatic N) is 1. The van der Waals surface area contributed by atoms with Crippen LogP contribution >= 0.6 is 0 Å². The number of nitriles is 1. The van der Waals surface area contributed by atoms with Crippen LogP contribution in [-0.2, 0) is 14.3 Å². The molecule has 35 heavy (non-hydrogen) atoms. The van der Waals surface area contributed by atoms with Crippen LogP contribution in [0.3, 0.4) is 0 Å². The Balaban J connectivity index is 2.29. The molecule has 0 aliphatic rings. The number of benzene rings is 2. The topological polar surface area (TPSA) is 150 Å². The van der Waals surface area contributed by atoms with E-state index >= 15 is 0 Å². The zero-order chi connectivity index (χ0) is 25.5. The van der Waals surface area contributed by atoms with Gasteiger partial charge in [-0.05, 0) is 50.1 Å². The van der Waals surface area contributed by atoms with Crippen LogP contribution in [0.25, 0.3) is 0 Å². The van der Waals surface area contributed by atoms with Gasteiger partial charge in [-0.1, -0.05) is 24.3 Å². The first-order chi connectivity index (χ1) is 17.0. The number of amides is 2. The van der Waals surface area contributed by atoms with Crippen LogP contribution in [-0.4, -0.2) is 48.2 Å². The van der Waals surface area contributed by atoms with E-state index in [1.807, 2.05) is 13.0 Å². The van der Waals surface area contributed by atoms with E-state index in [1.54, 1.807) is 54.6 Å². The number of hydroxylamine groups is 1. The Hall–Kier alpha value is -3.91. The molecule has 0 saturated carbocycles. The van der Waals surface area contributed by atoms with Crippen LogP contribution in [0.2, 0.25) is 0 Å². The zero-order valence-electron chi connectivity index (χ0n) is 19.3. The molecular weight excluding hydrogens is 454 g/mol. The lowest BCUT2D eigenvalue weighted by Crippen LogP contribution is -2.29. The number of rotatable bonds is 13. The zero-order valence-corrected chi connectivity index (χ0v) is 19.3. The first-order valence-corrected chi connectivity index (χ1v) is 11.0. The summed E-state index contributed by atoms with van der Waals surface area (Å²) in [6.07, 6.45) is 1.31. The van der Waals surface area contributed by atoms with E-state index in [4.69, 9.17) is 24.7 Å². The molecule has 2 atom stereocenters. The summed E-state index contributed by atoms with van der Waals surface area (Å²) in [5, 5.41) is 29.4. The molecule has 2 rings (SSSR count). The van der Waals surface area contributed by atoms with Crippen molar-refractivity contribution in [2.45, 2.75) is 32.0 Å². The number of carbonyl (C=O) groups is 2. The SMILES string of the molecule is CCO[C@H](CC/C=C/C(=O)NO)[C@H](OC(=O)Nc1ccc(C#N)cc1)c1ccccc1OCCO. The summed E-state index contributed by atoms with van der Waals surface area (Å²) in [5.74, 6) is -0.229. The number of allylic oxidation sites excluding steroid dienone is 1. The maximum atomic E-state index is 12.8. The van der Waals surface area contributed by atoms with E-state index in [2.05, 4.69) is 5.32 Å². The van der Waals surface area contributed by atoms with E-state index in [1.165, 1.54) is 11.6 Å². The molecule has 2 aromatic carbocycles. The molecular formula is C25H29N3O7. The first kappa shape index (κ1) is 27.3.